The van der Waals surface area contributed by atoms with Crippen molar-refractivity contribution in [2.75, 3.05) is 0 Å². The number of hydrogen-bond donors (Lipinski definition) is 0. The molecule has 132 valence electrons. The standard InChI is InChI=1S/C20H23Cl2N3/c1-19(2,3)12-9-14(20(4,5)6)18(22)17(10-12)25-23-15-8-7-13(21)11-16(15)24-25/h7-11H,1-6H3. The van der Waals surface area contributed by atoms with Gasteiger partial charge in [-0.2, -0.15) is 0 Å². The molecule has 3 rings (SSSR count). The summed E-state index contributed by atoms with van der Waals surface area (Å²) in [5, 5.41) is 10.5. The molecular weight excluding hydrogens is 353 g/mol. The van der Waals surface area contributed by atoms with E-state index in [2.05, 4.69) is 63.9 Å². The summed E-state index contributed by atoms with van der Waals surface area (Å²) in [6, 6.07) is 9.78. The maximum absolute atomic E-state index is 6.78. The Morgan fingerprint density at radius 2 is 1.44 bits per heavy atom. The Labute approximate surface area is 158 Å². The van der Waals surface area contributed by atoms with Crippen LogP contribution in [0.5, 0.6) is 0 Å². The Morgan fingerprint density at radius 1 is 0.800 bits per heavy atom. The van der Waals surface area contributed by atoms with Gasteiger partial charge in [0.15, 0.2) is 0 Å². The Hall–Kier alpha value is -1.58. The van der Waals surface area contributed by atoms with Crippen LogP contribution < -0.4 is 0 Å². The van der Waals surface area contributed by atoms with E-state index in [1.54, 1.807) is 4.80 Å². The van der Waals surface area contributed by atoms with Crippen LogP contribution in [0.4, 0.5) is 0 Å². The van der Waals surface area contributed by atoms with Gasteiger partial charge >= 0.3 is 0 Å². The van der Waals surface area contributed by atoms with Crippen molar-refractivity contribution in [1.29, 1.82) is 0 Å². The van der Waals surface area contributed by atoms with E-state index in [0.717, 1.165) is 22.3 Å². The smallest absolute Gasteiger partial charge is 0.115 e. The molecule has 0 saturated heterocycles. The van der Waals surface area contributed by atoms with Gasteiger partial charge in [0.1, 0.15) is 16.7 Å². The highest BCUT2D eigenvalue weighted by Gasteiger charge is 2.25. The summed E-state index contributed by atoms with van der Waals surface area (Å²) in [6.45, 7) is 13.1. The number of rotatable bonds is 1. The molecule has 0 aliphatic heterocycles. The van der Waals surface area contributed by atoms with E-state index in [1.165, 1.54) is 5.56 Å². The molecule has 0 atom stereocenters. The summed E-state index contributed by atoms with van der Waals surface area (Å²) in [4.78, 5) is 1.62. The van der Waals surface area contributed by atoms with E-state index < -0.39 is 0 Å². The number of benzene rings is 2. The van der Waals surface area contributed by atoms with Crippen LogP contribution in [0.25, 0.3) is 16.7 Å². The molecule has 0 fully saturated rings. The van der Waals surface area contributed by atoms with Gasteiger partial charge in [0.25, 0.3) is 0 Å². The Morgan fingerprint density at radius 3 is 2.04 bits per heavy atom. The predicted octanol–water partition coefficient (Wildman–Crippen LogP) is 6.32. The van der Waals surface area contributed by atoms with E-state index in [1.807, 2.05) is 18.2 Å². The summed E-state index contributed by atoms with van der Waals surface area (Å²) in [7, 11) is 0. The van der Waals surface area contributed by atoms with Crippen LogP contribution in [0.15, 0.2) is 30.3 Å². The average Bonchev–Trinajstić information content (AvgIpc) is 2.87. The van der Waals surface area contributed by atoms with Gasteiger partial charge in [0.05, 0.1) is 5.02 Å². The van der Waals surface area contributed by atoms with Crippen molar-refractivity contribution in [3.05, 3.63) is 51.5 Å². The average molecular weight is 376 g/mol. The van der Waals surface area contributed by atoms with Gasteiger partial charge in [-0.3, -0.25) is 0 Å². The number of fused-ring (bicyclic) bond motifs is 1. The fraction of sp³-hybridized carbons (Fsp3) is 0.400. The summed E-state index contributed by atoms with van der Waals surface area (Å²) < 4.78 is 0. The highest BCUT2D eigenvalue weighted by Crippen LogP contribution is 2.38. The number of nitrogens with zero attached hydrogens (tertiary/aromatic N) is 3. The van der Waals surface area contributed by atoms with Gasteiger partial charge in [-0.25, -0.2) is 0 Å². The van der Waals surface area contributed by atoms with Gasteiger partial charge in [-0.1, -0.05) is 70.8 Å². The van der Waals surface area contributed by atoms with E-state index in [-0.39, 0.29) is 10.8 Å². The predicted molar refractivity (Wildman–Crippen MR) is 106 cm³/mol. The molecule has 3 aromatic rings. The molecule has 2 aromatic carbocycles. The van der Waals surface area contributed by atoms with Crippen molar-refractivity contribution in [2.24, 2.45) is 0 Å². The monoisotopic (exact) mass is 375 g/mol. The number of halogens is 2. The molecule has 0 radical (unpaired) electrons. The molecule has 0 bridgehead atoms. The minimum Gasteiger partial charge on any atom is -0.149 e. The fourth-order valence-electron chi connectivity index (χ4n) is 2.73. The zero-order valence-corrected chi connectivity index (χ0v) is 17.0. The van der Waals surface area contributed by atoms with Crippen molar-refractivity contribution in [3.63, 3.8) is 0 Å². The van der Waals surface area contributed by atoms with Crippen LogP contribution in [0, 0.1) is 0 Å². The van der Waals surface area contributed by atoms with Gasteiger partial charge in [-0.15, -0.1) is 15.0 Å². The second-order valence-corrected chi connectivity index (χ2v) is 9.29. The molecule has 3 nitrogen and oxygen atoms in total. The molecule has 5 heteroatoms. The van der Waals surface area contributed by atoms with E-state index in [0.29, 0.717) is 10.0 Å². The molecule has 0 saturated carbocycles. The topological polar surface area (TPSA) is 30.7 Å². The fourth-order valence-corrected chi connectivity index (χ4v) is 3.36. The van der Waals surface area contributed by atoms with Crippen LogP contribution in [0.1, 0.15) is 52.7 Å². The first-order chi connectivity index (χ1) is 11.5. The highest BCUT2D eigenvalue weighted by atomic mass is 35.5. The summed E-state index contributed by atoms with van der Waals surface area (Å²) in [5.41, 5.74) is 4.55. The van der Waals surface area contributed by atoms with Crippen molar-refractivity contribution >= 4 is 34.2 Å². The number of hydrogen-bond acceptors (Lipinski definition) is 2. The van der Waals surface area contributed by atoms with Gasteiger partial charge in [-0.05, 0) is 46.2 Å². The van der Waals surface area contributed by atoms with Crippen molar-refractivity contribution in [1.82, 2.24) is 15.0 Å². The van der Waals surface area contributed by atoms with Crippen LogP contribution in [0.2, 0.25) is 10.0 Å². The van der Waals surface area contributed by atoms with E-state index in [4.69, 9.17) is 23.2 Å². The number of aromatic nitrogens is 3. The zero-order valence-electron chi connectivity index (χ0n) is 15.5. The second-order valence-electron chi connectivity index (χ2n) is 8.48. The van der Waals surface area contributed by atoms with Gasteiger partial charge in [0.2, 0.25) is 0 Å². The van der Waals surface area contributed by atoms with Crippen molar-refractivity contribution < 1.29 is 0 Å². The molecule has 0 amide bonds. The Bertz CT molecular complexity index is 944. The lowest BCUT2D eigenvalue weighted by molar-refractivity contribution is 0.566. The van der Waals surface area contributed by atoms with Crippen molar-refractivity contribution in [2.45, 2.75) is 52.4 Å². The molecule has 0 N–H and O–H groups in total. The van der Waals surface area contributed by atoms with E-state index >= 15 is 0 Å². The van der Waals surface area contributed by atoms with Gasteiger partial charge in [0, 0.05) is 5.02 Å². The molecule has 1 aromatic heterocycles. The van der Waals surface area contributed by atoms with Gasteiger partial charge < -0.3 is 0 Å². The van der Waals surface area contributed by atoms with Crippen LogP contribution in [-0.4, -0.2) is 15.0 Å². The molecule has 0 spiro atoms. The van der Waals surface area contributed by atoms with Crippen LogP contribution in [0.3, 0.4) is 0 Å². The van der Waals surface area contributed by atoms with Crippen LogP contribution >= 0.6 is 23.2 Å². The first kappa shape index (κ1) is 18.2. The zero-order chi connectivity index (χ0) is 18.6. The normalized spacial score (nSPS) is 12.8. The second kappa shape index (κ2) is 6.00. The lowest BCUT2D eigenvalue weighted by Crippen LogP contribution is -2.18. The largest absolute Gasteiger partial charge is 0.149 e. The summed E-state index contributed by atoms with van der Waals surface area (Å²) in [5.74, 6) is 0. The first-order valence-corrected chi connectivity index (χ1v) is 9.10. The summed E-state index contributed by atoms with van der Waals surface area (Å²) in [6.07, 6.45) is 0. The molecule has 0 aliphatic carbocycles. The van der Waals surface area contributed by atoms with Crippen LogP contribution in [-0.2, 0) is 10.8 Å². The summed E-state index contributed by atoms with van der Waals surface area (Å²) >= 11 is 12.9. The molecule has 25 heavy (non-hydrogen) atoms. The SMILES string of the molecule is CC(C)(C)c1cc(-n2nc3ccc(Cl)cc3n2)c(Cl)c(C(C)(C)C)c1. The maximum atomic E-state index is 6.78. The molecule has 0 unspecified atom stereocenters. The van der Waals surface area contributed by atoms with E-state index in [9.17, 15) is 0 Å². The maximum Gasteiger partial charge on any atom is 0.115 e. The Kier molecular flexibility index (Phi) is 4.37. The highest BCUT2D eigenvalue weighted by molar-refractivity contribution is 6.33. The quantitative estimate of drug-likeness (QED) is 0.497. The third-order valence-corrected chi connectivity index (χ3v) is 4.92. The molecule has 1 heterocycles. The minimum absolute atomic E-state index is 0.00474. The lowest BCUT2D eigenvalue weighted by atomic mass is 9.80. The molecule has 0 aliphatic rings. The molecular formula is C20H23Cl2N3. The third-order valence-electron chi connectivity index (χ3n) is 4.29. The Balaban J connectivity index is 2.29. The minimum atomic E-state index is -0.0804. The first-order valence-electron chi connectivity index (χ1n) is 8.34. The third kappa shape index (κ3) is 3.54. The van der Waals surface area contributed by atoms with Crippen molar-refractivity contribution in [3.8, 4) is 5.69 Å². The lowest BCUT2D eigenvalue weighted by Gasteiger charge is -2.27.